The van der Waals surface area contributed by atoms with Crippen molar-refractivity contribution in [2.45, 2.75) is 64.3 Å². The Balaban J connectivity index is 2.41. The molecule has 0 unspecified atom stereocenters. The SMILES string of the molecule is C=C(C)/C=C/[C@]12O[C@@]1(C)[C@](C)(O)CCC2(C)C. The third-order valence-electron chi connectivity index (χ3n) is 4.90. The highest BCUT2D eigenvalue weighted by Crippen LogP contribution is 2.69. The molecule has 2 rings (SSSR count). The van der Waals surface area contributed by atoms with Crippen LogP contribution in [0.15, 0.2) is 24.3 Å². The predicted molar refractivity (Wildman–Crippen MR) is 69.8 cm³/mol. The fourth-order valence-electron chi connectivity index (χ4n) is 3.25. The first kappa shape index (κ1) is 12.8. The van der Waals surface area contributed by atoms with Gasteiger partial charge in [-0.2, -0.15) is 0 Å². The van der Waals surface area contributed by atoms with E-state index >= 15 is 0 Å². The Morgan fingerprint density at radius 1 is 1.24 bits per heavy atom. The summed E-state index contributed by atoms with van der Waals surface area (Å²) in [7, 11) is 0. The smallest absolute Gasteiger partial charge is 0.128 e. The molecule has 17 heavy (non-hydrogen) atoms. The van der Waals surface area contributed by atoms with Crippen LogP contribution in [0.4, 0.5) is 0 Å². The van der Waals surface area contributed by atoms with E-state index in [1.54, 1.807) is 0 Å². The second-order valence-electron chi connectivity index (χ2n) is 6.71. The number of epoxide rings is 1. The van der Waals surface area contributed by atoms with Crippen LogP contribution in [-0.2, 0) is 4.74 Å². The minimum Gasteiger partial charge on any atom is -0.387 e. The average molecular weight is 236 g/mol. The average Bonchev–Trinajstić information content (AvgIpc) is 2.82. The van der Waals surface area contributed by atoms with Crippen molar-refractivity contribution in [3.05, 3.63) is 24.3 Å². The lowest BCUT2D eigenvalue weighted by molar-refractivity contribution is -0.0415. The van der Waals surface area contributed by atoms with Crippen molar-refractivity contribution >= 4 is 0 Å². The van der Waals surface area contributed by atoms with Crippen molar-refractivity contribution in [1.29, 1.82) is 0 Å². The van der Waals surface area contributed by atoms with Gasteiger partial charge >= 0.3 is 0 Å². The van der Waals surface area contributed by atoms with Crippen LogP contribution in [0.25, 0.3) is 0 Å². The first-order valence-electron chi connectivity index (χ1n) is 6.35. The van der Waals surface area contributed by atoms with Gasteiger partial charge in [-0.25, -0.2) is 0 Å². The maximum absolute atomic E-state index is 10.5. The van der Waals surface area contributed by atoms with Crippen molar-refractivity contribution in [1.82, 2.24) is 0 Å². The molecule has 96 valence electrons. The Kier molecular flexibility index (Phi) is 2.45. The van der Waals surface area contributed by atoms with Crippen LogP contribution in [0.1, 0.15) is 47.5 Å². The van der Waals surface area contributed by atoms with E-state index < -0.39 is 11.2 Å². The number of rotatable bonds is 2. The third-order valence-corrected chi connectivity index (χ3v) is 4.90. The maximum atomic E-state index is 10.5. The molecule has 1 saturated heterocycles. The zero-order valence-electron chi connectivity index (χ0n) is 11.6. The highest BCUT2D eigenvalue weighted by molar-refractivity contribution is 5.38. The van der Waals surface area contributed by atoms with Gasteiger partial charge in [-0.1, -0.05) is 32.1 Å². The maximum Gasteiger partial charge on any atom is 0.128 e. The highest BCUT2D eigenvalue weighted by Gasteiger charge is 2.80. The van der Waals surface area contributed by atoms with Gasteiger partial charge in [0.1, 0.15) is 11.2 Å². The number of aliphatic hydroxyl groups is 1. The van der Waals surface area contributed by atoms with Gasteiger partial charge in [0.2, 0.25) is 0 Å². The Bertz CT molecular complexity index is 392. The monoisotopic (exact) mass is 236 g/mol. The van der Waals surface area contributed by atoms with E-state index in [9.17, 15) is 5.11 Å². The van der Waals surface area contributed by atoms with E-state index in [0.29, 0.717) is 0 Å². The van der Waals surface area contributed by atoms with E-state index in [0.717, 1.165) is 18.4 Å². The van der Waals surface area contributed by atoms with E-state index in [4.69, 9.17) is 4.74 Å². The van der Waals surface area contributed by atoms with Crippen molar-refractivity contribution in [2.24, 2.45) is 5.41 Å². The van der Waals surface area contributed by atoms with Gasteiger partial charge in [-0.05, 0) is 39.7 Å². The van der Waals surface area contributed by atoms with Gasteiger partial charge in [-0.3, -0.25) is 0 Å². The summed E-state index contributed by atoms with van der Waals surface area (Å²) in [4.78, 5) is 0. The van der Waals surface area contributed by atoms with Gasteiger partial charge in [0, 0.05) is 5.41 Å². The van der Waals surface area contributed by atoms with E-state index in [1.807, 2.05) is 26.8 Å². The summed E-state index contributed by atoms with van der Waals surface area (Å²) < 4.78 is 6.06. The zero-order valence-corrected chi connectivity index (χ0v) is 11.6. The first-order chi connectivity index (χ1) is 7.58. The molecule has 0 radical (unpaired) electrons. The molecule has 2 fully saturated rings. The topological polar surface area (TPSA) is 32.8 Å². The Morgan fingerprint density at radius 2 is 1.82 bits per heavy atom. The molecule has 1 aliphatic heterocycles. The lowest BCUT2D eigenvalue weighted by atomic mass is 9.59. The number of allylic oxidation sites excluding steroid dienone is 2. The summed E-state index contributed by atoms with van der Waals surface area (Å²) in [5.41, 5.74) is -0.495. The van der Waals surface area contributed by atoms with Crippen LogP contribution >= 0.6 is 0 Å². The Morgan fingerprint density at radius 3 is 2.35 bits per heavy atom. The van der Waals surface area contributed by atoms with Crippen LogP contribution in [0.2, 0.25) is 0 Å². The third kappa shape index (κ3) is 1.47. The molecule has 2 aliphatic rings. The van der Waals surface area contributed by atoms with Crippen LogP contribution in [-0.4, -0.2) is 21.9 Å². The van der Waals surface area contributed by atoms with Crippen LogP contribution in [0, 0.1) is 5.41 Å². The molecule has 1 heterocycles. The molecule has 2 nitrogen and oxygen atoms in total. The molecule has 0 spiro atoms. The summed E-state index contributed by atoms with van der Waals surface area (Å²) in [5, 5.41) is 10.5. The quantitative estimate of drug-likeness (QED) is 0.590. The molecule has 0 aromatic rings. The summed E-state index contributed by atoms with van der Waals surface area (Å²) in [5.74, 6) is 0. The molecule has 1 aliphatic carbocycles. The number of ether oxygens (including phenoxy) is 1. The summed E-state index contributed by atoms with van der Waals surface area (Å²) in [6, 6.07) is 0. The van der Waals surface area contributed by atoms with Gasteiger partial charge in [0.05, 0.1) is 5.60 Å². The first-order valence-corrected chi connectivity index (χ1v) is 6.35. The van der Waals surface area contributed by atoms with Crippen molar-refractivity contribution < 1.29 is 9.84 Å². The fourth-order valence-corrected chi connectivity index (χ4v) is 3.25. The molecular formula is C15H24O2. The van der Waals surface area contributed by atoms with Gasteiger partial charge in [0.25, 0.3) is 0 Å². The molecule has 3 atom stereocenters. The second-order valence-corrected chi connectivity index (χ2v) is 6.71. The predicted octanol–water partition coefficient (Wildman–Crippen LogP) is 3.22. The van der Waals surface area contributed by atoms with Crippen molar-refractivity contribution in [2.75, 3.05) is 0 Å². The lowest BCUT2D eigenvalue weighted by Crippen LogP contribution is -2.54. The van der Waals surface area contributed by atoms with Gasteiger partial charge in [0.15, 0.2) is 0 Å². The van der Waals surface area contributed by atoms with Crippen molar-refractivity contribution in [3.63, 3.8) is 0 Å². The largest absolute Gasteiger partial charge is 0.387 e. The molecule has 1 N–H and O–H groups in total. The highest BCUT2D eigenvalue weighted by atomic mass is 16.6. The van der Waals surface area contributed by atoms with Crippen LogP contribution in [0.3, 0.4) is 0 Å². The summed E-state index contributed by atoms with van der Waals surface area (Å²) in [6.07, 6.45) is 5.87. The molecule has 0 aromatic heterocycles. The zero-order chi connectivity index (χ0) is 13.1. The normalized spacial score (nSPS) is 47.9. The number of hydrogen-bond acceptors (Lipinski definition) is 2. The molecule has 1 saturated carbocycles. The minimum atomic E-state index is -0.748. The van der Waals surface area contributed by atoms with E-state index in [2.05, 4.69) is 26.5 Å². The molecule has 0 bridgehead atoms. The number of hydrogen-bond donors (Lipinski definition) is 1. The molecule has 0 amide bonds. The number of fused-ring (bicyclic) bond motifs is 1. The van der Waals surface area contributed by atoms with Crippen LogP contribution < -0.4 is 0 Å². The Labute approximate surface area is 104 Å². The summed E-state index contributed by atoms with van der Waals surface area (Å²) in [6.45, 7) is 14.2. The van der Waals surface area contributed by atoms with E-state index in [-0.39, 0.29) is 11.0 Å². The van der Waals surface area contributed by atoms with Crippen LogP contribution in [0.5, 0.6) is 0 Å². The second kappa shape index (κ2) is 3.24. The van der Waals surface area contributed by atoms with Crippen molar-refractivity contribution in [3.8, 4) is 0 Å². The molecular weight excluding hydrogens is 212 g/mol. The Hall–Kier alpha value is -0.600. The summed E-state index contributed by atoms with van der Waals surface area (Å²) >= 11 is 0. The lowest BCUT2D eigenvalue weighted by Gasteiger charge is -2.43. The minimum absolute atomic E-state index is 0.0515. The van der Waals surface area contributed by atoms with Gasteiger partial charge < -0.3 is 9.84 Å². The standard InChI is InChI=1S/C15H24O2/c1-11(2)7-8-15-12(3,4)9-10-13(5,16)14(15,6)17-15/h7-8,16H,1,9-10H2,2-6H3/b8-7+/t13-,14+,15-/m1/s1. The fraction of sp³-hybridized carbons (Fsp3) is 0.733. The molecule has 0 aromatic carbocycles. The molecule has 2 heteroatoms. The van der Waals surface area contributed by atoms with Gasteiger partial charge in [-0.15, -0.1) is 0 Å². The van der Waals surface area contributed by atoms with E-state index in [1.165, 1.54) is 0 Å².